The molecule has 0 fully saturated rings. The number of primary amides is 1. The van der Waals surface area contributed by atoms with Gasteiger partial charge in [0.15, 0.2) is 6.61 Å². The van der Waals surface area contributed by atoms with Crippen LogP contribution in [0.3, 0.4) is 0 Å². The summed E-state index contributed by atoms with van der Waals surface area (Å²) in [5.41, 5.74) is 8.55. The molecule has 0 saturated carbocycles. The summed E-state index contributed by atoms with van der Waals surface area (Å²) in [7, 11) is 0. The number of ether oxygens (including phenoxy) is 2. The lowest BCUT2D eigenvalue weighted by atomic mass is 9.78. The average molecular weight is 436 g/mol. The zero-order chi connectivity index (χ0) is 22.3. The number of rotatable bonds is 6. The van der Waals surface area contributed by atoms with Crippen LogP contribution in [0.5, 0.6) is 5.75 Å². The number of nitrogens with two attached hydrogens (primary N) is 1. The van der Waals surface area contributed by atoms with E-state index in [1.165, 1.54) is 0 Å². The van der Waals surface area contributed by atoms with Crippen LogP contribution in [-0.2, 0) is 16.8 Å². The molecule has 2 aromatic carbocycles. The van der Waals surface area contributed by atoms with Crippen LogP contribution < -0.4 is 10.5 Å². The van der Waals surface area contributed by atoms with E-state index in [9.17, 15) is 4.79 Å². The maximum absolute atomic E-state index is 10.5. The maximum atomic E-state index is 10.5. The van der Waals surface area contributed by atoms with Crippen LogP contribution in [-0.4, -0.2) is 22.7 Å². The van der Waals surface area contributed by atoms with E-state index in [0.29, 0.717) is 12.3 Å². The van der Waals surface area contributed by atoms with Gasteiger partial charge in [-0.3, -0.25) is 0 Å². The van der Waals surface area contributed by atoms with Gasteiger partial charge < -0.3 is 15.2 Å². The maximum Gasteiger partial charge on any atom is 0.405 e. The Balaban J connectivity index is 1.65. The van der Waals surface area contributed by atoms with Crippen molar-refractivity contribution in [1.29, 1.82) is 0 Å². The highest BCUT2D eigenvalue weighted by atomic mass is 35.5. The van der Waals surface area contributed by atoms with Crippen LogP contribution in [0.2, 0.25) is 5.28 Å². The Bertz CT molecular complexity index is 1100. The molecular formula is C24H22ClN3O3. The summed E-state index contributed by atoms with van der Waals surface area (Å²) in [6.45, 7) is 4.61. The Kier molecular flexibility index (Phi) is 7.11. The first-order chi connectivity index (χ1) is 14.8. The number of hydrogen-bond donors (Lipinski definition) is 1. The van der Waals surface area contributed by atoms with E-state index in [1.54, 1.807) is 12.3 Å². The summed E-state index contributed by atoms with van der Waals surface area (Å²) in [5.74, 6) is 6.44. The Morgan fingerprint density at radius 3 is 2.32 bits per heavy atom. The van der Waals surface area contributed by atoms with E-state index >= 15 is 0 Å². The number of halogens is 1. The molecule has 0 aliphatic carbocycles. The summed E-state index contributed by atoms with van der Waals surface area (Å²) in [5, 5.41) is 0.203. The van der Waals surface area contributed by atoms with Crippen molar-refractivity contribution >= 4 is 17.7 Å². The molecule has 0 bridgehead atoms. The summed E-state index contributed by atoms with van der Waals surface area (Å²) in [6, 6.07) is 17.7. The minimum absolute atomic E-state index is 0.0265. The quantitative estimate of drug-likeness (QED) is 0.455. The first-order valence-corrected chi connectivity index (χ1v) is 9.95. The number of aromatic nitrogens is 2. The molecule has 0 unspecified atom stereocenters. The predicted molar refractivity (Wildman–Crippen MR) is 119 cm³/mol. The molecule has 3 aromatic rings. The van der Waals surface area contributed by atoms with Gasteiger partial charge in [0.1, 0.15) is 12.4 Å². The van der Waals surface area contributed by atoms with Crippen molar-refractivity contribution in [2.24, 2.45) is 5.73 Å². The van der Waals surface area contributed by atoms with Gasteiger partial charge in [0.05, 0.1) is 5.69 Å². The van der Waals surface area contributed by atoms with Crippen molar-refractivity contribution < 1.29 is 14.3 Å². The Labute approximate surface area is 186 Å². The molecule has 2 N–H and O–H groups in total. The van der Waals surface area contributed by atoms with Gasteiger partial charge in [-0.15, -0.1) is 0 Å². The molecule has 6 nitrogen and oxygen atoms in total. The normalized spacial score (nSPS) is 10.7. The van der Waals surface area contributed by atoms with Crippen molar-refractivity contribution in [2.45, 2.75) is 25.9 Å². The van der Waals surface area contributed by atoms with Gasteiger partial charge >= 0.3 is 6.09 Å². The summed E-state index contributed by atoms with van der Waals surface area (Å²) in [6.07, 6.45) is 0.770. The van der Waals surface area contributed by atoms with Crippen LogP contribution in [0.25, 0.3) is 0 Å². The van der Waals surface area contributed by atoms with Gasteiger partial charge in [0.2, 0.25) is 5.28 Å². The first kappa shape index (κ1) is 22.1. The van der Waals surface area contributed by atoms with Gasteiger partial charge in [-0.2, -0.15) is 0 Å². The SMILES string of the molecule is CC(C)(c1ccc(C#CCOC(N)=O)cc1)c1ccc(OCc2ccnc(Cl)n2)cc1. The molecule has 0 radical (unpaired) electrons. The highest BCUT2D eigenvalue weighted by Crippen LogP contribution is 2.32. The third kappa shape index (κ3) is 6.21. The van der Waals surface area contributed by atoms with Crippen LogP contribution in [0.15, 0.2) is 60.8 Å². The molecule has 7 heteroatoms. The van der Waals surface area contributed by atoms with Crippen molar-refractivity contribution in [3.05, 3.63) is 88.5 Å². The van der Waals surface area contributed by atoms with E-state index in [1.807, 2.05) is 36.4 Å². The minimum atomic E-state index is -0.832. The summed E-state index contributed by atoms with van der Waals surface area (Å²) < 4.78 is 10.4. The standard InChI is InChI=1S/C24H22ClN3O3/c1-24(2,18-7-5-17(6-8-18)4-3-15-30-23(26)29)19-9-11-21(12-10-19)31-16-20-13-14-27-22(25)28-20/h5-14H,15-16H2,1-2H3,(H2,26,29). The van der Waals surface area contributed by atoms with Crippen LogP contribution in [0.4, 0.5) is 4.79 Å². The van der Waals surface area contributed by atoms with E-state index < -0.39 is 6.09 Å². The number of carbonyl (C=O) groups excluding carboxylic acids is 1. The predicted octanol–water partition coefficient (Wildman–Crippen LogP) is 4.48. The Morgan fingerprint density at radius 2 is 1.71 bits per heavy atom. The minimum Gasteiger partial charge on any atom is -0.487 e. The van der Waals surface area contributed by atoms with E-state index in [0.717, 1.165) is 22.4 Å². The number of hydrogen-bond acceptors (Lipinski definition) is 5. The van der Waals surface area contributed by atoms with Crippen LogP contribution in [0, 0.1) is 11.8 Å². The van der Waals surface area contributed by atoms with Crippen molar-refractivity contribution in [1.82, 2.24) is 9.97 Å². The lowest BCUT2D eigenvalue weighted by Gasteiger charge is -2.26. The van der Waals surface area contributed by atoms with Gasteiger partial charge in [0, 0.05) is 17.2 Å². The summed E-state index contributed by atoms with van der Waals surface area (Å²) in [4.78, 5) is 18.5. The van der Waals surface area contributed by atoms with Crippen molar-refractivity contribution in [3.8, 4) is 17.6 Å². The monoisotopic (exact) mass is 435 g/mol. The zero-order valence-corrected chi connectivity index (χ0v) is 18.0. The van der Waals surface area contributed by atoms with Gasteiger partial charge in [-0.1, -0.05) is 50.0 Å². The fourth-order valence-electron chi connectivity index (χ4n) is 2.96. The third-order valence-corrected chi connectivity index (χ3v) is 4.95. The lowest BCUT2D eigenvalue weighted by Crippen LogP contribution is -2.18. The van der Waals surface area contributed by atoms with E-state index in [2.05, 4.69) is 52.5 Å². The molecule has 0 aliphatic rings. The second kappa shape index (κ2) is 9.96. The van der Waals surface area contributed by atoms with Crippen LogP contribution in [0.1, 0.15) is 36.2 Å². The largest absolute Gasteiger partial charge is 0.487 e. The third-order valence-electron chi connectivity index (χ3n) is 4.77. The fourth-order valence-corrected chi connectivity index (χ4v) is 3.12. The number of carbonyl (C=O) groups is 1. The molecule has 158 valence electrons. The van der Waals surface area contributed by atoms with Gasteiger partial charge in [-0.25, -0.2) is 14.8 Å². The average Bonchev–Trinajstić information content (AvgIpc) is 2.76. The fraction of sp³-hybridized carbons (Fsp3) is 0.208. The van der Waals surface area contributed by atoms with Crippen molar-refractivity contribution in [2.75, 3.05) is 6.61 Å². The highest BCUT2D eigenvalue weighted by Gasteiger charge is 2.23. The molecule has 0 aliphatic heterocycles. The molecule has 1 heterocycles. The molecule has 0 spiro atoms. The molecule has 0 atom stereocenters. The number of nitrogens with zero attached hydrogens (tertiary/aromatic N) is 2. The Hall–Kier alpha value is -3.56. The van der Waals surface area contributed by atoms with Gasteiger partial charge in [0.25, 0.3) is 0 Å². The number of benzene rings is 2. The molecule has 1 amide bonds. The van der Waals surface area contributed by atoms with Crippen LogP contribution >= 0.6 is 11.6 Å². The highest BCUT2D eigenvalue weighted by molar-refractivity contribution is 6.28. The second-order valence-corrected chi connectivity index (χ2v) is 7.58. The molecule has 3 rings (SSSR count). The molecule has 31 heavy (non-hydrogen) atoms. The topological polar surface area (TPSA) is 87.3 Å². The second-order valence-electron chi connectivity index (χ2n) is 7.24. The molecule has 1 aromatic heterocycles. The molecule has 0 saturated heterocycles. The first-order valence-electron chi connectivity index (χ1n) is 9.57. The Morgan fingerprint density at radius 1 is 1.06 bits per heavy atom. The van der Waals surface area contributed by atoms with Gasteiger partial charge in [-0.05, 0) is 53.1 Å². The van der Waals surface area contributed by atoms with Crippen molar-refractivity contribution in [3.63, 3.8) is 0 Å². The number of amides is 1. The summed E-state index contributed by atoms with van der Waals surface area (Å²) >= 11 is 5.80. The smallest absolute Gasteiger partial charge is 0.405 e. The molecular weight excluding hydrogens is 414 g/mol. The zero-order valence-electron chi connectivity index (χ0n) is 17.3. The van der Waals surface area contributed by atoms with E-state index in [-0.39, 0.29) is 17.3 Å². The lowest BCUT2D eigenvalue weighted by molar-refractivity contribution is 0.171. The van der Waals surface area contributed by atoms with E-state index in [4.69, 9.17) is 22.1 Å².